The lowest BCUT2D eigenvalue weighted by atomic mass is 10.1. The molecule has 1 aromatic carbocycles. The number of H-pyrrole nitrogens is 1. The van der Waals surface area contributed by atoms with E-state index in [1.165, 1.54) is 0 Å². The molecule has 0 saturated carbocycles. The third-order valence-electron chi connectivity index (χ3n) is 3.06. The first kappa shape index (κ1) is 13.7. The van der Waals surface area contributed by atoms with E-state index in [2.05, 4.69) is 21.6 Å². The van der Waals surface area contributed by atoms with Gasteiger partial charge in [0.25, 0.3) is 0 Å². The zero-order valence-electron chi connectivity index (χ0n) is 10.9. The van der Waals surface area contributed by atoms with Crippen LogP contribution in [0, 0.1) is 11.3 Å². The lowest BCUT2D eigenvalue weighted by Crippen LogP contribution is -2.01. The highest BCUT2D eigenvalue weighted by Gasteiger charge is 2.09. The summed E-state index contributed by atoms with van der Waals surface area (Å²) < 4.78 is 0. The van der Waals surface area contributed by atoms with Gasteiger partial charge < -0.3 is 5.32 Å². The van der Waals surface area contributed by atoms with Gasteiger partial charge in [-0.2, -0.15) is 10.4 Å². The van der Waals surface area contributed by atoms with Crippen molar-refractivity contribution in [2.75, 3.05) is 5.32 Å². The number of thiophene rings is 1. The Morgan fingerprint density at radius 2 is 2.29 bits per heavy atom. The Morgan fingerprint density at radius 3 is 3.05 bits per heavy atom. The number of benzene rings is 1. The van der Waals surface area contributed by atoms with Crippen LogP contribution < -0.4 is 5.32 Å². The predicted molar refractivity (Wildman–Crippen MR) is 85.4 cm³/mol. The van der Waals surface area contributed by atoms with Crippen LogP contribution in [-0.2, 0) is 6.54 Å². The topological polar surface area (TPSA) is 64.5 Å². The van der Waals surface area contributed by atoms with Crippen LogP contribution in [0.25, 0.3) is 10.6 Å². The fourth-order valence-corrected chi connectivity index (χ4v) is 2.96. The van der Waals surface area contributed by atoms with E-state index in [1.54, 1.807) is 35.7 Å². The molecule has 0 radical (unpaired) electrons. The molecule has 21 heavy (non-hydrogen) atoms. The molecule has 2 aromatic heterocycles. The standard InChI is InChI=1S/C15H11ClN4S/c16-12-4-3-10(7-17)13(6-12)18-8-11-9-19-20-15(11)14-2-1-5-21-14/h1-6,9,18H,8H2,(H,19,20). The summed E-state index contributed by atoms with van der Waals surface area (Å²) in [5.74, 6) is 0. The van der Waals surface area contributed by atoms with Crippen LogP contribution in [0.3, 0.4) is 0 Å². The molecule has 6 heteroatoms. The highest BCUT2D eigenvalue weighted by Crippen LogP contribution is 2.27. The third-order valence-corrected chi connectivity index (χ3v) is 4.18. The van der Waals surface area contributed by atoms with Gasteiger partial charge in [-0.3, -0.25) is 5.10 Å². The average molecular weight is 315 g/mol. The number of halogens is 1. The van der Waals surface area contributed by atoms with E-state index in [-0.39, 0.29) is 0 Å². The highest BCUT2D eigenvalue weighted by atomic mass is 35.5. The normalized spacial score (nSPS) is 10.3. The summed E-state index contributed by atoms with van der Waals surface area (Å²) in [7, 11) is 0. The van der Waals surface area contributed by atoms with Crippen molar-refractivity contribution in [2.45, 2.75) is 6.54 Å². The number of anilines is 1. The number of nitrogens with one attached hydrogen (secondary N) is 2. The Bertz CT molecular complexity index is 786. The molecule has 0 aliphatic rings. The largest absolute Gasteiger partial charge is 0.380 e. The van der Waals surface area contributed by atoms with Crippen LogP contribution in [0.15, 0.2) is 41.9 Å². The molecule has 0 aliphatic heterocycles. The van der Waals surface area contributed by atoms with Crippen LogP contribution in [0.5, 0.6) is 0 Å². The SMILES string of the molecule is N#Cc1ccc(Cl)cc1NCc1cn[nH]c1-c1cccs1. The Balaban J connectivity index is 1.82. The number of aromatic amines is 1. The lowest BCUT2D eigenvalue weighted by Gasteiger charge is -2.08. The summed E-state index contributed by atoms with van der Waals surface area (Å²) in [6, 6.07) is 11.4. The van der Waals surface area contributed by atoms with Crippen molar-refractivity contribution in [3.05, 3.63) is 58.1 Å². The summed E-state index contributed by atoms with van der Waals surface area (Å²) >= 11 is 7.63. The summed E-state index contributed by atoms with van der Waals surface area (Å²) in [5.41, 5.74) is 3.34. The zero-order chi connectivity index (χ0) is 14.7. The molecule has 2 heterocycles. The number of rotatable bonds is 4. The monoisotopic (exact) mass is 314 g/mol. The summed E-state index contributed by atoms with van der Waals surface area (Å²) in [4.78, 5) is 1.14. The first-order valence-electron chi connectivity index (χ1n) is 6.27. The van der Waals surface area contributed by atoms with Gasteiger partial charge in [-0.1, -0.05) is 17.7 Å². The molecule has 0 unspecified atom stereocenters. The molecule has 2 N–H and O–H groups in total. The van der Waals surface area contributed by atoms with Gasteiger partial charge in [0.15, 0.2) is 0 Å². The van der Waals surface area contributed by atoms with Crippen molar-refractivity contribution in [2.24, 2.45) is 0 Å². The van der Waals surface area contributed by atoms with Crippen molar-refractivity contribution in [3.63, 3.8) is 0 Å². The minimum absolute atomic E-state index is 0.568. The smallest absolute Gasteiger partial charge is 0.101 e. The number of hydrogen-bond donors (Lipinski definition) is 2. The van der Waals surface area contributed by atoms with Crippen molar-refractivity contribution in [1.29, 1.82) is 5.26 Å². The molecule has 0 amide bonds. The number of aromatic nitrogens is 2. The Kier molecular flexibility index (Phi) is 3.91. The third kappa shape index (κ3) is 2.92. The molecule has 0 bridgehead atoms. The molecule has 3 rings (SSSR count). The predicted octanol–water partition coefficient (Wildman–Crippen LogP) is 4.28. The van der Waals surface area contributed by atoms with Gasteiger partial charge in [0.05, 0.1) is 28.0 Å². The van der Waals surface area contributed by atoms with Crippen molar-refractivity contribution in [3.8, 4) is 16.6 Å². The van der Waals surface area contributed by atoms with Gasteiger partial charge in [-0.25, -0.2) is 0 Å². The molecule has 0 atom stereocenters. The molecule has 4 nitrogen and oxygen atoms in total. The van der Waals surface area contributed by atoms with Gasteiger partial charge >= 0.3 is 0 Å². The molecule has 0 aliphatic carbocycles. The second kappa shape index (κ2) is 6.00. The second-order valence-electron chi connectivity index (χ2n) is 4.40. The van der Waals surface area contributed by atoms with Gasteiger partial charge in [-0.05, 0) is 29.6 Å². The molecule has 0 fully saturated rings. The first-order valence-corrected chi connectivity index (χ1v) is 7.53. The van der Waals surface area contributed by atoms with E-state index in [9.17, 15) is 0 Å². The number of nitriles is 1. The molecular weight excluding hydrogens is 304 g/mol. The van der Waals surface area contributed by atoms with Gasteiger partial charge in [0, 0.05) is 17.1 Å². The molecule has 3 aromatic rings. The van der Waals surface area contributed by atoms with Crippen LogP contribution >= 0.6 is 22.9 Å². The fourth-order valence-electron chi connectivity index (χ4n) is 2.03. The maximum Gasteiger partial charge on any atom is 0.101 e. The Labute approximate surface area is 131 Å². The summed E-state index contributed by atoms with van der Waals surface area (Å²) in [5, 5.41) is 22.1. The van der Waals surface area contributed by atoms with Crippen LogP contribution in [0.4, 0.5) is 5.69 Å². The minimum atomic E-state index is 0.568. The van der Waals surface area contributed by atoms with Crippen molar-refractivity contribution < 1.29 is 0 Å². The molecule has 0 saturated heterocycles. The van der Waals surface area contributed by atoms with E-state index >= 15 is 0 Å². The van der Waals surface area contributed by atoms with Gasteiger partial charge in [-0.15, -0.1) is 11.3 Å². The summed E-state index contributed by atoms with van der Waals surface area (Å²) in [6.45, 7) is 0.568. The Morgan fingerprint density at radius 1 is 1.38 bits per heavy atom. The van der Waals surface area contributed by atoms with Crippen LogP contribution in [-0.4, -0.2) is 10.2 Å². The van der Waals surface area contributed by atoms with Crippen LogP contribution in [0.2, 0.25) is 5.02 Å². The first-order chi connectivity index (χ1) is 10.3. The number of nitrogens with zero attached hydrogens (tertiary/aromatic N) is 2. The molecular formula is C15H11ClN4S. The van der Waals surface area contributed by atoms with Crippen molar-refractivity contribution in [1.82, 2.24) is 10.2 Å². The number of hydrogen-bond acceptors (Lipinski definition) is 4. The Hall–Kier alpha value is -2.29. The van der Waals surface area contributed by atoms with E-state index in [1.807, 2.05) is 17.5 Å². The fraction of sp³-hybridized carbons (Fsp3) is 0.0667. The maximum atomic E-state index is 9.12. The highest BCUT2D eigenvalue weighted by molar-refractivity contribution is 7.13. The average Bonchev–Trinajstić information content (AvgIpc) is 3.16. The van der Waals surface area contributed by atoms with E-state index in [0.717, 1.165) is 21.8 Å². The van der Waals surface area contributed by atoms with Gasteiger partial charge in [0.2, 0.25) is 0 Å². The van der Waals surface area contributed by atoms with Crippen LogP contribution in [0.1, 0.15) is 11.1 Å². The minimum Gasteiger partial charge on any atom is -0.380 e. The summed E-state index contributed by atoms with van der Waals surface area (Å²) in [6.07, 6.45) is 1.79. The second-order valence-corrected chi connectivity index (χ2v) is 5.79. The van der Waals surface area contributed by atoms with E-state index < -0.39 is 0 Å². The maximum absolute atomic E-state index is 9.12. The quantitative estimate of drug-likeness (QED) is 0.755. The van der Waals surface area contributed by atoms with E-state index in [0.29, 0.717) is 17.1 Å². The molecule has 0 spiro atoms. The lowest BCUT2D eigenvalue weighted by molar-refractivity contribution is 1.10. The van der Waals surface area contributed by atoms with Gasteiger partial charge in [0.1, 0.15) is 6.07 Å². The zero-order valence-corrected chi connectivity index (χ0v) is 12.5. The van der Waals surface area contributed by atoms with E-state index in [4.69, 9.17) is 16.9 Å². The van der Waals surface area contributed by atoms with Crippen molar-refractivity contribution >= 4 is 28.6 Å². The molecule has 104 valence electrons.